The minimum atomic E-state index is -3.80. The highest BCUT2D eigenvalue weighted by molar-refractivity contribution is 7.99. The first-order chi connectivity index (χ1) is 21.4. The lowest BCUT2D eigenvalue weighted by Gasteiger charge is -2.45. The SMILES string of the molecule is CS(=O)(=O)OC[C@H]1O[C@@H](Sc2ccccc2)[C@H](OC(=O)c2ccccc2)[C@@H](OCc2ccccc2)[C@@H]1OCc1ccccc1. The molecule has 4 aromatic carbocycles. The van der Waals surface area contributed by atoms with Gasteiger partial charge in [0.25, 0.3) is 10.1 Å². The van der Waals surface area contributed by atoms with Crippen LogP contribution in [0.15, 0.2) is 126 Å². The van der Waals surface area contributed by atoms with Crippen molar-refractivity contribution in [3.8, 4) is 0 Å². The summed E-state index contributed by atoms with van der Waals surface area (Å²) in [6.45, 7) is 0.0679. The molecule has 0 aliphatic carbocycles. The molecule has 10 heteroatoms. The summed E-state index contributed by atoms with van der Waals surface area (Å²) in [6.07, 6.45) is -2.54. The lowest BCUT2D eigenvalue weighted by atomic mass is 9.99. The highest BCUT2D eigenvalue weighted by Gasteiger charge is 2.50. The van der Waals surface area contributed by atoms with Gasteiger partial charge in [0.1, 0.15) is 23.7 Å². The number of carbonyl (C=O) groups is 1. The van der Waals surface area contributed by atoms with Gasteiger partial charge in [0, 0.05) is 4.90 Å². The average molecular weight is 635 g/mol. The van der Waals surface area contributed by atoms with Crippen LogP contribution in [0.5, 0.6) is 0 Å². The largest absolute Gasteiger partial charge is 0.452 e. The van der Waals surface area contributed by atoms with Crippen LogP contribution in [0.3, 0.4) is 0 Å². The van der Waals surface area contributed by atoms with Crippen LogP contribution >= 0.6 is 11.8 Å². The Kier molecular flexibility index (Phi) is 11.2. The van der Waals surface area contributed by atoms with Gasteiger partial charge in [-0.25, -0.2) is 4.79 Å². The number of esters is 1. The fraction of sp³-hybridized carbons (Fsp3) is 0.265. The second-order valence-corrected chi connectivity index (χ2v) is 13.0. The zero-order valence-corrected chi connectivity index (χ0v) is 25.8. The molecule has 1 fully saturated rings. The van der Waals surface area contributed by atoms with Crippen LogP contribution in [0.25, 0.3) is 0 Å². The molecule has 0 aromatic heterocycles. The van der Waals surface area contributed by atoms with E-state index in [1.165, 1.54) is 11.8 Å². The lowest BCUT2D eigenvalue weighted by Crippen LogP contribution is -2.60. The first-order valence-electron chi connectivity index (χ1n) is 14.1. The first-order valence-corrected chi connectivity index (χ1v) is 16.8. The van der Waals surface area contributed by atoms with Crippen molar-refractivity contribution < 1.29 is 36.3 Å². The maximum absolute atomic E-state index is 13.5. The first kappa shape index (κ1) is 31.9. The molecule has 0 amide bonds. The van der Waals surface area contributed by atoms with Gasteiger partial charge in [-0.2, -0.15) is 8.42 Å². The van der Waals surface area contributed by atoms with E-state index in [0.717, 1.165) is 22.3 Å². The third kappa shape index (κ3) is 9.25. The van der Waals surface area contributed by atoms with Crippen molar-refractivity contribution in [2.45, 2.75) is 48.0 Å². The highest BCUT2D eigenvalue weighted by Crippen LogP contribution is 2.38. The molecule has 5 rings (SSSR count). The van der Waals surface area contributed by atoms with E-state index in [0.29, 0.717) is 5.56 Å². The van der Waals surface area contributed by atoms with Crippen molar-refractivity contribution >= 4 is 27.8 Å². The van der Waals surface area contributed by atoms with E-state index < -0.39 is 45.9 Å². The molecule has 1 aliphatic rings. The quantitative estimate of drug-likeness (QED) is 0.132. The monoisotopic (exact) mass is 634 g/mol. The number of ether oxygens (including phenoxy) is 4. The van der Waals surface area contributed by atoms with Gasteiger partial charge >= 0.3 is 5.97 Å². The van der Waals surface area contributed by atoms with Crippen LogP contribution in [-0.2, 0) is 46.5 Å². The fourth-order valence-corrected chi connectivity index (χ4v) is 6.25. The molecule has 5 atom stereocenters. The van der Waals surface area contributed by atoms with E-state index in [1.807, 2.05) is 97.1 Å². The Labute approximate surface area is 262 Å². The van der Waals surface area contributed by atoms with Gasteiger partial charge in [-0.15, -0.1) is 0 Å². The summed E-state index contributed by atoms with van der Waals surface area (Å²) in [5.41, 5.74) is 1.40. The molecule has 0 bridgehead atoms. The van der Waals surface area contributed by atoms with E-state index in [2.05, 4.69) is 0 Å². The summed E-state index contributed by atoms with van der Waals surface area (Å²) in [7, 11) is -3.80. The average Bonchev–Trinajstić information content (AvgIpc) is 3.04. The minimum absolute atomic E-state index is 0.186. The lowest BCUT2D eigenvalue weighted by molar-refractivity contribution is -0.237. The van der Waals surface area contributed by atoms with Crippen molar-refractivity contribution in [1.82, 2.24) is 0 Å². The van der Waals surface area contributed by atoms with Crippen molar-refractivity contribution in [2.75, 3.05) is 12.9 Å². The number of thioether (sulfide) groups is 1. The number of hydrogen-bond donors (Lipinski definition) is 0. The maximum atomic E-state index is 13.5. The molecule has 0 spiro atoms. The molecule has 0 saturated carbocycles. The van der Waals surface area contributed by atoms with Gasteiger partial charge in [-0.05, 0) is 35.4 Å². The van der Waals surface area contributed by atoms with Crippen LogP contribution in [0, 0.1) is 0 Å². The van der Waals surface area contributed by atoms with E-state index in [9.17, 15) is 13.2 Å². The Balaban J connectivity index is 1.52. The number of hydrogen-bond acceptors (Lipinski definition) is 9. The predicted octanol–water partition coefficient (Wildman–Crippen LogP) is 5.88. The molecule has 0 N–H and O–H groups in total. The van der Waals surface area contributed by atoms with E-state index in [4.69, 9.17) is 23.1 Å². The summed E-state index contributed by atoms with van der Waals surface area (Å²) >= 11 is 1.35. The van der Waals surface area contributed by atoms with Crippen molar-refractivity contribution in [1.29, 1.82) is 0 Å². The summed E-state index contributed by atoms with van der Waals surface area (Å²) in [4.78, 5) is 14.3. The Morgan fingerprint density at radius 1 is 0.705 bits per heavy atom. The topological polar surface area (TPSA) is 97.4 Å². The Hall–Kier alpha value is -3.51. The van der Waals surface area contributed by atoms with E-state index in [1.54, 1.807) is 24.3 Å². The Bertz CT molecular complexity index is 1550. The molecule has 4 aromatic rings. The molecule has 1 aliphatic heterocycles. The van der Waals surface area contributed by atoms with Crippen molar-refractivity contribution in [2.24, 2.45) is 0 Å². The van der Waals surface area contributed by atoms with Gasteiger partial charge in [-0.1, -0.05) is 109 Å². The second-order valence-electron chi connectivity index (χ2n) is 10.2. The smallest absolute Gasteiger partial charge is 0.338 e. The van der Waals surface area contributed by atoms with E-state index in [-0.39, 0.29) is 19.8 Å². The molecular formula is C34H34O8S2. The molecular weight excluding hydrogens is 601 g/mol. The maximum Gasteiger partial charge on any atom is 0.338 e. The van der Waals surface area contributed by atoms with Crippen LogP contribution < -0.4 is 0 Å². The van der Waals surface area contributed by atoms with Crippen molar-refractivity contribution in [3.05, 3.63) is 138 Å². The van der Waals surface area contributed by atoms with Gasteiger partial charge in [-0.3, -0.25) is 4.18 Å². The molecule has 0 radical (unpaired) electrons. The van der Waals surface area contributed by atoms with Gasteiger partial charge in [0.2, 0.25) is 0 Å². The number of carbonyl (C=O) groups excluding carboxylic acids is 1. The Morgan fingerprint density at radius 2 is 1.20 bits per heavy atom. The zero-order chi connectivity index (χ0) is 30.8. The molecule has 8 nitrogen and oxygen atoms in total. The van der Waals surface area contributed by atoms with E-state index >= 15 is 0 Å². The molecule has 230 valence electrons. The standard InChI is InChI=1S/C34H34O8S2/c1-44(36,37)40-24-29-30(38-22-25-14-6-2-7-15-25)31(39-23-26-16-8-3-9-17-26)32(42-33(35)27-18-10-4-11-19-27)34(41-29)43-28-20-12-5-13-21-28/h2-21,29-32,34H,22-24H2,1H3/t29-,30-,31+,32-,34+/m1/s1. The molecule has 44 heavy (non-hydrogen) atoms. The Morgan fingerprint density at radius 3 is 1.75 bits per heavy atom. The third-order valence-corrected chi connectivity index (χ3v) is 8.58. The summed E-state index contributed by atoms with van der Waals surface area (Å²) < 4.78 is 55.1. The summed E-state index contributed by atoms with van der Waals surface area (Å²) in [5, 5.41) is 0. The van der Waals surface area contributed by atoms with Crippen LogP contribution in [0.4, 0.5) is 0 Å². The third-order valence-electron chi connectivity index (χ3n) is 6.86. The molecule has 0 unspecified atom stereocenters. The number of benzene rings is 4. The molecule has 1 saturated heterocycles. The fourth-order valence-electron chi connectivity index (χ4n) is 4.75. The van der Waals surface area contributed by atoms with Gasteiger partial charge in [0.15, 0.2) is 6.10 Å². The number of rotatable bonds is 13. The van der Waals surface area contributed by atoms with Gasteiger partial charge < -0.3 is 18.9 Å². The predicted molar refractivity (Wildman–Crippen MR) is 167 cm³/mol. The summed E-state index contributed by atoms with van der Waals surface area (Å²) in [5.74, 6) is -0.543. The second kappa shape index (κ2) is 15.5. The zero-order valence-electron chi connectivity index (χ0n) is 24.1. The van der Waals surface area contributed by atoms with Crippen LogP contribution in [0.2, 0.25) is 0 Å². The normalized spacial score (nSPS) is 21.9. The van der Waals surface area contributed by atoms with Crippen molar-refractivity contribution in [3.63, 3.8) is 0 Å². The summed E-state index contributed by atoms with van der Waals surface area (Å²) in [6, 6.07) is 37.4. The highest BCUT2D eigenvalue weighted by atomic mass is 32.2. The van der Waals surface area contributed by atoms with Crippen LogP contribution in [0.1, 0.15) is 21.5 Å². The molecule has 1 heterocycles. The van der Waals surface area contributed by atoms with Crippen LogP contribution in [-0.4, -0.2) is 57.1 Å². The minimum Gasteiger partial charge on any atom is -0.452 e. The van der Waals surface area contributed by atoms with Gasteiger partial charge in [0.05, 0.1) is 31.6 Å².